The standard InChI is InChI=1S/C37H70O4/c1-4-6-8-10-11-12-13-14-15-16-17-18-23-26-30-34-37(39)41-35(31-27-9-7-5-2)32-28-24-21-19-20-22-25-29-33-36(38)40-3/h24,28,35H,4-23,25-27,29-34H2,1-3H3/b28-24-/t35-/m1/s1. The summed E-state index contributed by atoms with van der Waals surface area (Å²) in [7, 11) is 1.45. The molecule has 1 atom stereocenters. The third-order valence-electron chi connectivity index (χ3n) is 8.21. The fraction of sp³-hybridized carbons (Fsp3) is 0.892. The van der Waals surface area contributed by atoms with E-state index in [-0.39, 0.29) is 18.0 Å². The number of rotatable bonds is 32. The number of carbonyl (C=O) groups excluding carboxylic acids is 2. The highest BCUT2D eigenvalue weighted by Crippen LogP contribution is 2.17. The second kappa shape index (κ2) is 33.2. The fourth-order valence-electron chi connectivity index (χ4n) is 5.44. The van der Waals surface area contributed by atoms with Gasteiger partial charge in [0.15, 0.2) is 0 Å². The van der Waals surface area contributed by atoms with Gasteiger partial charge in [-0.05, 0) is 38.5 Å². The maximum atomic E-state index is 12.5. The minimum atomic E-state index is -0.104. The van der Waals surface area contributed by atoms with E-state index in [9.17, 15) is 9.59 Å². The third kappa shape index (κ3) is 31.4. The lowest BCUT2D eigenvalue weighted by atomic mass is 10.0. The average Bonchev–Trinajstić information content (AvgIpc) is 2.97. The molecule has 0 saturated heterocycles. The van der Waals surface area contributed by atoms with Crippen molar-refractivity contribution in [2.45, 2.75) is 206 Å². The maximum absolute atomic E-state index is 12.5. The van der Waals surface area contributed by atoms with Crippen molar-refractivity contribution >= 4 is 11.9 Å². The molecule has 0 rings (SSSR count). The van der Waals surface area contributed by atoms with E-state index in [1.54, 1.807) is 0 Å². The molecule has 242 valence electrons. The average molecular weight is 579 g/mol. The smallest absolute Gasteiger partial charge is 0.306 e. The van der Waals surface area contributed by atoms with Crippen LogP contribution in [0.15, 0.2) is 12.2 Å². The molecule has 4 heteroatoms. The van der Waals surface area contributed by atoms with Crippen LogP contribution in [0.5, 0.6) is 0 Å². The summed E-state index contributed by atoms with van der Waals surface area (Å²) in [5.41, 5.74) is 0. The van der Waals surface area contributed by atoms with E-state index in [2.05, 4.69) is 30.7 Å². The lowest BCUT2D eigenvalue weighted by Gasteiger charge is -2.16. The van der Waals surface area contributed by atoms with Gasteiger partial charge < -0.3 is 9.47 Å². The highest BCUT2D eigenvalue weighted by atomic mass is 16.5. The van der Waals surface area contributed by atoms with Gasteiger partial charge in [0.2, 0.25) is 0 Å². The lowest BCUT2D eigenvalue weighted by molar-refractivity contribution is -0.149. The summed E-state index contributed by atoms with van der Waals surface area (Å²) in [4.78, 5) is 23.7. The molecule has 0 fully saturated rings. The first-order chi connectivity index (χ1) is 20.1. The van der Waals surface area contributed by atoms with Gasteiger partial charge in [-0.15, -0.1) is 0 Å². The largest absolute Gasteiger partial charge is 0.469 e. The van der Waals surface area contributed by atoms with Crippen LogP contribution in [0.4, 0.5) is 0 Å². The second-order valence-corrected chi connectivity index (χ2v) is 12.3. The molecule has 0 bridgehead atoms. The Balaban J connectivity index is 3.86. The van der Waals surface area contributed by atoms with Gasteiger partial charge in [-0.3, -0.25) is 9.59 Å². The van der Waals surface area contributed by atoms with E-state index >= 15 is 0 Å². The molecule has 0 aliphatic carbocycles. The van der Waals surface area contributed by atoms with Crippen molar-refractivity contribution in [2.24, 2.45) is 0 Å². The molecule has 0 radical (unpaired) electrons. The summed E-state index contributed by atoms with van der Waals surface area (Å²) < 4.78 is 10.6. The van der Waals surface area contributed by atoms with Crippen molar-refractivity contribution < 1.29 is 19.1 Å². The number of hydrogen-bond acceptors (Lipinski definition) is 4. The first kappa shape index (κ1) is 39.7. The Kier molecular flexibility index (Phi) is 32.1. The van der Waals surface area contributed by atoms with Gasteiger partial charge in [-0.25, -0.2) is 0 Å². The third-order valence-corrected chi connectivity index (χ3v) is 8.21. The van der Waals surface area contributed by atoms with Crippen molar-refractivity contribution in [3.05, 3.63) is 12.2 Å². The van der Waals surface area contributed by atoms with Crippen LogP contribution >= 0.6 is 0 Å². The van der Waals surface area contributed by atoms with Gasteiger partial charge in [0.25, 0.3) is 0 Å². The number of carbonyl (C=O) groups is 2. The van der Waals surface area contributed by atoms with Crippen LogP contribution in [-0.4, -0.2) is 25.2 Å². The predicted octanol–water partition coefficient (Wildman–Crippen LogP) is 12.0. The zero-order chi connectivity index (χ0) is 30.1. The van der Waals surface area contributed by atoms with E-state index in [4.69, 9.17) is 4.74 Å². The molecule has 0 aromatic heterocycles. The molecular formula is C37H70O4. The first-order valence-electron chi connectivity index (χ1n) is 18.0. The van der Waals surface area contributed by atoms with E-state index in [1.165, 1.54) is 129 Å². The molecule has 4 nitrogen and oxygen atoms in total. The van der Waals surface area contributed by atoms with Crippen molar-refractivity contribution in [1.29, 1.82) is 0 Å². The lowest BCUT2D eigenvalue weighted by Crippen LogP contribution is -2.17. The fourth-order valence-corrected chi connectivity index (χ4v) is 5.44. The Morgan fingerprint density at radius 3 is 1.41 bits per heavy atom. The highest BCUT2D eigenvalue weighted by Gasteiger charge is 2.13. The Morgan fingerprint density at radius 2 is 0.927 bits per heavy atom. The molecule has 0 heterocycles. The summed E-state index contributed by atoms with van der Waals surface area (Å²) >= 11 is 0. The minimum Gasteiger partial charge on any atom is -0.469 e. The summed E-state index contributed by atoms with van der Waals surface area (Å²) in [5.74, 6) is -0.103. The molecule has 0 amide bonds. The number of allylic oxidation sites excluding steroid dienone is 1. The number of unbranched alkanes of at least 4 members (excludes halogenated alkanes) is 22. The molecule has 41 heavy (non-hydrogen) atoms. The number of esters is 2. The molecule has 0 aliphatic heterocycles. The van der Waals surface area contributed by atoms with Crippen molar-refractivity contribution in [2.75, 3.05) is 7.11 Å². The van der Waals surface area contributed by atoms with Gasteiger partial charge in [-0.2, -0.15) is 0 Å². The van der Waals surface area contributed by atoms with Crippen molar-refractivity contribution in [3.63, 3.8) is 0 Å². The Labute approximate surface area is 256 Å². The van der Waals surface area contributed by atoms with E-state index in [1.807, 2.05) is 0 Å². The van der Waals surface area contributed by atoms with Crippen LogP contribution in [0.25, 0.3) is 0 Å². The molecule has 0 spiro atoms. The Hall–Kier alpha value is -1.32. The van der Waals surface area contributed by atoms with E-state index in [0.717, 1.165) is 51.4 Å². The van der Waals surface area contributed by atoms with Crippen LogP contribution in [0, 0.1) is 0 Å². The van der Waals surface area contributed by atoms with Crippen LogP contribution in [0.2, 0.25) is 0 Å². The van der Waals surface area contributed by atoms with Crippen LogP contribution in [0.3, 0.4) is 0 Å². The van der Waals surface area contributed by atoms with Crippen molar-refractivity contribution in [3.8, 4) is 0 Å². The monoisotopic (exact) mass is 579 g/mol. The van der Waals surface area contributed by atoms with Crippen LogP contribution < -0.4 is 0 Å². The zero-order valence-electron chi connectivity index (χ0n) is 27.9. The van der Waals surface area contributed by atoms with Crippen molar-refractivity contribution in [1.82, 2.24) is 0 Å². The summed E-state index contributed by atoms with van der Waals surface area (Å²) in [6.45, 7) is 4.52. The van der Waals surface area contributed by atoms with Gasteiger partial charge in [0.05, 0.1) is 7.11 Å². The molecule has 0 unspecified atom stereocenters. The molecule has 0 aliphatic rings. The minimum absolute atomic E-state index is 0.000500. The number of hydrogen-bond donors (Lipinski definition) is 0. The van der Waals surface area contributed by atoms with E-state index < -0.39 is 0 Å². The maximum Gasteiger partial charge on any atom is 0.306 e. The van der Waals surface area contributed by atoms with Gasteiger partial charge >= 0.3 is 11.9 Å². The van der Waals surface area contributed by atoms with Crippen LogP contribution in [-0.2, 0) is 19.1 Å². The SMILES string of the molecule is CCCCCCCCCCCCCCCCCC(=O)O[C@@H](C/C=C\CCCCCCCC(=O)OC)CCCCCC. The molecule has 0 aromatic rings. The number of methoxy groups -OCH3 is 1. The molecule has 0 saturated carbocycles. The normalized spacial score (nSPS) is 12.2. The number of ether oxygens (including phenoxy) is 2. The quantitative estimate of drug-likeness (QED) is 0.0452. The Bertz CT molecular complexity index is 585. The van der Waals surface area contributed by atoms with Gasteiger partial charge in [0.1, 0.15) is 6.10 Å². The van der Waals surface area contributed by atoms with Crippen LogP contribution in [0.1, 0.15) is 200 Å². The predicted molar refractivity (Wildman–Crippen MR) is 176 cm³/mol. The van der Waals surface area contributed by atoms with E-state index in [0.29, 0.717) is 12.8 Å². The van der Waals surface area contributed by atoms with Gasteiger partial charge in [0, 0.05) is 19.3 Å². The summed E-state index contributed by atoms with van der Waals surface area (Å²) in [6.07, 6.45) is 39.0. The Morgan fingerprint density at radius 1 is 0.512 bits per heavy atom. The topological polar surface area (TPSA) is 52.6 Å². The molecule has 0 aromatic carbocycles. The van der Waals surface area contributed by atoms with Gasteiger partial charge in [-0.1, -0.05) is 154 Å². The molecular weight excluding hydrogens is 508 g/mol. The molecule has 0 N–H and O–H groups in total. The highest BCUT2D eigenvalue weighted by molar-refractivity contribution is 5.69. The summed E-state index contributed by atoms with van der Waals surface area (Å²) in [6, 6.07) is 0. The first-order valence-corrected chi connectivity index (χ1v) is 18.0. The zero-order valence-corrected chi connectivity index (χ0v) is 27.9. The second-order valence-electron chi connectivity index (χ2n) is 12.3. The summed E-state index contributed by atoms with van der Waals surface area (Å²) in [5, 5.41) is 0.